The number of benzene rings is 1. The molecule has 9 heteroatoms. The largest absolute Gasteiger partial charge is 0.437 e. The standard InChI is InChI=1S/C21H14Cl2N4O3/c1-2-8-25-19(28)13(12-24)10-15-20(30-17-7-6-14(22)11-16(17)23)26-18-5-3-4-9-27(18)21(15)29/h2-7,9-11H,1,8H2,(H,25,28). The number of carbonyl (C=O) groups excluding carboxylic acids is 1. The van der Waals surface area contributed by atoms with Gasteiger partial charge in [0.05, 0.1) is 5.02 Å². The summed E-state index contributed by atoms with van der Waals surface area (Å²) < 4.78 is 7.05. The van der Waals surface area contributed by atoms with Crippen LogP contribution >= 0.6 is 23.2 Å². The van der Waals surface area contributed by atoms with E-state index in [1.807, 2.05) is 0 Å². The summed E-state index contributed by atoms with van der Waals surface area (Å²) >= 11 is 12.1. The predicted octanol–water partition coefficient (Wildman–Crippen LogP) is 4.00. The maximum absolute atomic E-state index is 13.1. The fourth-order valence-electron chi connectivity index (χ4n) is 2.50. The highest BCUT2D eigenvalue weighted by Crippen LogP contribution is 2.32. The Labute approximate surface area is 181 Å². The number of ether oxygens (including phenoxy) is 1. The average Bonchev–Trinajstić information content (AvgIpc) is 2.74. The molecule has 0 aliphatic heterocycles. The number of nitrogens with zero attached hydrogens (tertiary/aromatic N) is 3. The minimum Gasteiger partial charge on any atom is -0.437 e. The SMILES string of the molecule is C=CCNC(=O)C(C#N)=Cc1c(Oc2ccc(Cl)cc2Cl)nc2ccccn2c1=O. The summed E-state index contributed by atoms with van der Waals surface area (Å²) in [6.45, 7) is 3.67. The second-order valence-electron chi connectivity index (χ2n) is 5.91. The van der Waals surface area contributed by atoms with Crippen LogP contribution in [0.2, 0.25) is 10.0 Å². The van der Waals surface area contributed by atoms with Crippen molar-refractivity contribution in [2.45, 2.75) is 0 Å². The molecular formula is C21H14Cl2N4O3. The third-order valence-electron chi connectivity index (χ3n) is 3.90. The summed E-state index contributed by atoms with van der Waals surface area (Å²) in [7, 11) is 0. The zero-order chi connectivity index (χ0) is 21.7. The molecule has 0 aliphatic carbocycles. The minimum atomic E-state index is -0.662. The molecule has 1 aromatic carbocycles. The van der Waals surface area contributed by atoms with Gasteiger partial charge in [-0.3, -0.25) is 14.0 Å². The van der Waals surface area contributed by atoms with E-state index in [-0.39, 0.29) is 34.3 Å². The topological polar surface area (TPSA) is 96.5 Å². The van der Waals surface area contributed by atoms with Crippen LogP contribution in [0.4, 0.5) is 0 Å². The van der Waals surface area contributed by atoms with E-state index in [2.05, 4.69) is 16.9 Å². The lowest BCUT2D eigenvalue weighted by molar-refractivity contribution is -0.116. The van der Waals surface area contributed by atoms with Gasteiger partial charge in [0.15, 0.2) is 0 Å². The van der Waals surface area contributed by atoms with Crippen molar-refractivity contribution < 1.29 is 9.53 Å². The fraction of sp³-hybridized carbons (Fsp3) is 0.0476. The normalized spacial score (nSPS) is 11.0. The lowest BCUT2D eigenvalue weighted by atomic mass is 10.1. The summed E-state index contributed by atoms with van der Waals surface area (Å²) in [5.41, 5.74) is -0.590. The molecule has 0 radical (unpaired) electrons. The summed E-state index contributed by atoms with van der Waals surface area (Å²) in [5.74, 6) is -0.567. The lowest BCUT2D eigenvalue weighted by Crippen LogP contribution is -2.25. The van der Waals surface area contributed by atoms with Crippen LogP contribution in [0.3, 0.4) is 0 Å². The minimum absolute atomic E-state index is 0.0879. The van der Waals surface area contributed by atoms with E-state index < -0.39 is 11.5 Å². The molecule has 0 atom stereocenters. The molecule has 0 aliphatic rings. The molecule has 0 saturated carbocycles. The molecule has 7 nitrogen and oxygen atoms in total. The molecule has 0 bridgehead atoms. The van der Waals surface area contributed by atoms with Crippen molar-refractivity contribution in [2.24, 2.45) is 0 Å². The molecule has 0 unspecified atom stereocenters. The van der Waals surface area contributed by atoms with Crippen LogP contribution < -0.4 is 15.6 Å². The van der Waals surface area contributed by atoms with Crippen LogP contribution in [0.25, 0.3) is 11.7 Å². The molecule has 150 valence electrons. The van der Waals surface area contributed by atoms with Gasteiger partial charge in [0, 0.05) is 17.8 Å². The number of pyridine rings is 1. The first-order valence-electron chi connectivity index (χ1n) is 8.59. The Morgan fingerprint density at radius 1 is 1.33 bits per heavy atom. The highest BCUT2D eigenvalue weighted by atomic mass is 35.5. The monoisotopic (exact) mass is 440 g/mol. The van der Waals surface area contributed by atoms with Crippen molar-refractivity contribution in [3.63, 3.8) is 0 Å². The average molecular weight is 441 g/mol. The zero-order valence-corrected chi connectivity index (χ0v) is 16.9. The van der Waals surface area contributed by atoms with Crippen molar-refractivity contribution >= 4 is 40.8 Å². The highest BCUT2D eigenvalue weighted by molar-refractivity contribution is 6.35. The third kappa shape index (κ3) is 4.51. The van der Waals surface area contributed by atoms with E-state index in [0.717, 1.165) is 6.08 Å². The molecule has 2 heterocycles. The van der Waals surface area contributed by atoms with E-state index in [9.17, 15) is 14.9 Å². The van der Waals surface area contributed by atoms with Crippen LogP contribution in [-0.4, -0.2) is 21.8 Å². The van der Waals surface area contributed by atoms with Gasteiger partial charge in [0.2, 0.25) is 5.88 Å². The van der Waals surface area contributed by atoms with Gasteiger partial charge in [-0.2, -0.15) is 10.2 Å². The second kappa shape index (κ2) is 9.27. The molecule has 0 saturated heterocycles. The number of hydrogen-bond acceptors (Lipinski definition) is 5. The Bertz CT molecular complexity index is 1280. The fourth-order valence-corrected chi connectivity index (χ4v) is 2.95. The Morgan fingerprint density at radius 3 is 2.83 bits per heavy atom. The summed E-state index contributed by atoms with van der Waals surface area (Å²) in [6.07, 6.45) is 4.12. The number of hydrogen-bond donors (Lipinski definition) is 1. The van der Waals surface area contributed by atoms with Crippen LogP contribution in [-0.2, 0) is 4.79 Å². The lowest BCUT2D eigenvalue weighted by Gasteiger charge is -2.11. The number of fused-ring (bicyclic) bond motifs is 1. The quantitative estimate of drug-likeness (QED) is 0.354. The van der Waals surface area contributed by atoms with Crippen LogP contribution in [0.5, 0.6) is 11.6 Å². The van der Waals surface area contributed by atoms with E-state index in [0.29, 0.717) is 10.7 Å². The van der Waals surface area contributed by atoms with Crippen molar-refractivity contribution in [1.82, 2.24) is 14.7 Å². The van der Waals surface area contributed by atoms with Crippen molar-refractivity contribution in [1.29, 1.82) is 5.26 Å². The summed E-state index contributed by atoms with van der Waals surface area (Å²) in [5, 5.41) is 12.5. The first-order valence-corrected chi connectivity index (χ1v) is 9.35. The number of nitrogens with one attached hydrogen (secondary N) is 1. The van der Waals surface area contributed by atoms with E-state index in [4.69, 9.17) is 27.9 Å². The van der Waals surface area contributed by atoms with E-state index >= 15 is 0 Å². The molecule has 0 spiro atoms. The Morgan fingerprint density at radius 2 is 2.13 bits per heavy atom. The van der Waals surface area contributed by atoms with Crippen LogP contribution in [0, 0.1) is 11.3 Å². The van der Waals surface area contributed by atoms with Gasteiger partial charge in [0.25, 0.3) is 11.5 Å². The van der Waals surface area contributed by atoms with Crippen molar-refractivity contribution in [3.05, 3.63) is 86.8 Å². The van der Waals surface area contributed by atoms with Gasteiger partial charge in [-0.05, 0) is 36.4 Å². The molecule has 3 rings (SSSR count). The first kappa shape index (κ1) is 21.1. The number of carbonyl (C=O) groups is 1. The number of rotatable bonds is 6. The van der Waals surface area contributed by atoms with E-state index in [1.165, 1.54) is 28.8 Å². The number of halogens is 2. The van der Waals surface area contributed by atoms with Gasteiger partial charge < -0.3 is 10.1 Å². The highest BCUT2D eigenvalue weighted by Gasteiger charge is 2.18. The van der Waals surface area contributed by atoms with Crippen LogP contribution in [0.1, 0.15) is 5.56 Å². The van der Waals surface area contributed by atoms with Crippen molar-refractivity contribution in [3.8, 4) is 17.7 Å². The molecule has 1 N–H and O–H groups in total. The van der Waals surface area contributed by atoms with Gasteiger partial charge in [0.1, 0.15) is 28.6 Å². The zero-order valence-electron chi connectivity index (χ0n) is 15.4. The molecule has 30 heavy (non-hydrogen) atoms. The summed E-state index contributed by atoms with van der Waals surface area (Å²) in [6, 6.07) is 11.3. The first-order chi connectivity index (χ1) is 14.4. The number of amides is 1. The molecular weight excluding hydrogens is 427 g/mol. The second-order valence-corrected chi connectivity index (χ2v) is 6.75. The number of aromatic nitrogens is 2. The van der Waals surface area contributed by atoms with Gasteiger partial charge in [-0.25, -0.2) is 0 Å². The van der Waals surface area contributed by atoms with E-state index in [1.54, 1.807) is 30.3 Å². The van der Waals surface area contributed by atoms with Gasteiger partial charge in [-0.1, -0.05) is 35.3 Å². The molecule has 2 aromatic heterocycles. The molecule has 3 aromatic rings. The van der Waals surface area contributed by atoms with Gasteiger partial charge in [-0.15, -0.1) is 6.58 Å². The Kier molecular flexibility index (Phi) is 6.52. The molecule has 0 fully saturated rings. The Hall–Kier alpha value is -3.60. The third-order valence-corrected chi connectivity index (χ3v) is 4.43. The Balaban J connectivity index is 2.19. The van der Waals surface area contributed by atoms with Crippen molar-refractivity contribution in [2.75, 3.05) is 6.54 Å². The summed E-state index contributed by atoms with van der Waals surface area (Å²) in [4.78, 5) is 29.6. The molecule has 1 amide bonds. The van der Waals surface area contributed by atoms with Gasteiger partial charge >= 0.3 is 0 Å². The predicted molar refractivity (Wildman–Crippen MR) is 115 cm³/mol. The smallest absolute Gasteiger partial charge is 0.269 e. The van der Waals surface area contributed by atoms with Crippen LogP contribution in [0.15, 0.2) is 65.6 Å². The number of nitriles is 1. The maximum Gasteiger partial charge on any atom is 0.269 e. The maximum atomic E-state index is 13.1.